The van der Waals surface area contributed by atoms with E-state index in [2.05, 4.69) is 4.74 Å². The Bertz CT molecular complexity index is 512. The van der Waals surface area contributed by atoms with Gasteiger partial charge in [-0.1, -0.05) is 16.6 Å². The fourth-order valence-electron chi connectivity index (χ4n) is 2.16. The number of benzene rings is 1. The first-order chi connectivity index (χ1) is 8.12. The number of methoxy groups -OCH3 is 1. The summed E-state index contributed by atoms with van der Waals surface area (Å²) in [5, 5.41) is 0. The third-order valence-corrected chi connectivity index (χ3v) is 3.08. The molecule has 1 aromatic carbocycles. The molecule has 0 radical (unpaired) electrons. The smallest absolute Gasteiger partial charge is 0.465 e. The number of hydrogen-bond acceptors (Lipinski definition) is 3. The normalized spacial score (nSPS) is 11.5. The molecule has 0 bridgehead atoms. The van der Waals surface area contributed by atoms with Crippen molar-refractivity contribution in [3.05, 3.63) is 22.3 Å². The van der Waals surface area contributed by atoms with Gasteiger partial charge in [0.2, 0.25) is 0 Å². The molecule has 0 fully saturated rings. The molecule has 0 unspecified atom stereocenters. The monoisotopic (exact) mass is 260 g/mol. The first kappa shape index (κ1) is 14.4. The summed E-state index contributed by atoms with van der Waals surface area (Å²) < 4.78 is 43.6. The summed E-state index contributed by atoms with van der Waals surface area (Å²) in [6.07, 6.45) is 0. The van der Waals surface area contributed by atoms with Crippen LogP contribution in [0.2, 0.25) is 0 Å². The number of hydrogen-bond donors (Lipinski definition) is 1. The van der Waals surface area contributed by atoms with Crippen molar-refractivity contribution in [2.45, 2.75) is 20.8 Å². The molecule has 1 aromatic rings. The van der Waals surface area contributed by atoms with Crippen LogP contribution in [-0.2, 0) is 4.74 Å². The van der Waals surface area contributed by atoms with E-state index in [0.29, 0.717) is 5.56 Å². The fraction of sp³-hybridized carbons (Fsp3) is 0.364. The molecule has 0 atom stereocenters. The van der Waals surface area contributed by atoms with Gasteiger partial charge >= 0.3 is 12.9 Å². The van der Waals surface area contributed by atoms with Crippen LogP contribution in [0, 0.1) is 20.8 Å². The van der Waals surface area contributed by atoms with Crippen LogP contribution in [0.3, 0.4) is 0 Å². The Morgan fingerprint density at radius 3 is 2.00 bits per heavy atom. The number of nitrogens with two attached hydrogens (primary N) is 1. The summed E-state index contributed by atoms with van der Waals surface area (Å²) in [7, 11) is 1.12. The molecular formula is C11H14BF3NO2-. The molecule has 3 nitrogen and oxygen atoms in total. The predicted octanol–water partition coefficient (Wildman–Crippen LogP) is 2.04. The molecule has 7 heteroatoms. The zero-order chi connectivity index (χ0) is 14.2. The van der Waals surface area contributed by atoms with Crippen LogP contribution >= 0.6 is 0 Å². The van der Waals surface area contributed by atoms with Crippen LogP contribution in [0.25, 0.3) is 0 Å². The van der Waals surface area contributed by atoms with Crippen molar-refractivity contribution < 1.29 is 22.5 Å². The van der Waals surface area contributed by atoms with E-state index in [0.717, 1.165) is 7.11 Å². The molecule has 100 valence electrons. The van der Waals surface area contributed by atoms with E-state index in [1.807, 2.05) is 0 Å². The lowest BCUT2D eigenvalue weighted by molar-refractivity contribution is 0.0599. The second kappa shape index (κ2) is 4.55. The Morgan fingerprint density at radius 2 is 1.61 bits per heavy atom. The minimum atomic E-state index is -5.23. The van der Waals surface area contributed by atoms with Gasteiger partial charge in [0.15, 0.2) is 0 Å². The highest BCUT2D eigenvalue weighted by Gasteiger charge is 2.33. The summed E-state index contributed by atoms with van der Waals surface area (Å²) in [6.45, 7) is -1.16. The number of rotatable bonds is 2. The minimum Gasteiger partial charge on any atom is -0.465 e. The van der Waals surface area contributed by atoms with E-state index in [1.165, 1.54) is 20.8 Å². The first-order valence-corrected chi connectivity index (χ1v) is 5.30. The zero-order valence-corrected chi connectivity index (χ0v) is 10.6. The van der Waals surface area contributed by atoms with Gasteiger partial charge in [-0.05, 0) is 26.3 Å². The van der Waals surface area contributed by atoms with Crippen LogP contribution in [0.1, 0.15) is 27.0 Å². The number of nitrogen functional groups attached to an aromatic ring is 1. The molecule has 0 aliphatic heterocycles. The SMILES string of the molecule is COC(=O)c1c(C)c(N)c(C)c([B-](F)(F)F)c1C. The van der Waals surface area contributed by atoms with E-state index >= 15 is 0 Å². The largest absolute Gasteiger partial charge is 0.510 e. The van der Waals surface area contributed by atoms with Crippen LogP contribution in [0.5, 0.6) is 0 Å². The van der Waals surface area contributed by atoms with Gasteiger partial charge < -0.3 is 23.4 Å². The van der Waals surface area contributed by atoms with Gasteiger partial charge in [0, 0.05) is 5.69 Å². The lowest BCUT2D eigenvalue weighted by Crippen LogP contribution is -2.40. The second-order valence-electron chi connectivity index (χ2n) is 4.14. The Kier molecular flexibility index (Phi) is 3.64. The van der Waals surface area contributed by atoms with Crippen molar-refractivity contribution in [2.24, 2.45) is 0 Å². The van der Waals surface area contributed by atoms with Gasteiger partial charge in [0.1, 0.15) is 0 Å². The van der Waals surface area contributed by atoms with E-state index in [1.54, 1.807) is 0 Å². The zero-order valence-electron chi connectivity index (χ0n) is 10.6. The molecule has 0 aliphatic carbocycles. The molecular weight excluding hydrogens is 246 g/mol. The number of carbonyl (C=O) groups is 1. The van der Waals surface area contributed by atoms with Gasteiger partial charge in [0.25, 0.3) is 0 Å². The molecule has 18 heavy (non-hydrogen) atoms. The molecule has 0 heterocycles. The van der Waals surface area contributed by atoms with Crippen molar-refractivity contribution >= 4 is 24.1 Å². The standard InChI is InChI=1S/C11H14BF3NO2/c1-5-8(11(17)18-4)6(2)10(16)7(3)9(5)12(13,14)15/h16H2,1-4H3/q-1. The molecule has 0 aromatic heterocycles. The van der Waals surface area contributed by atoms with Crippen molar-refractivity contribution in [1.29, 1.82) is 0 Å². The van der Waals surface area contributed by atoms with E-state index < -0.39 is 18.4 Å². The van der Waals surface area contributed by atoms with E-state index in [4.69, 9.17) is 5.73 Å². The molecule has 0 amide bonds. The summed E-state index contributed by atoms with van der Waals surface area (Å²) in [5.74, 6) is -0.807. The van der Waals surface area contributed by atoms with E-state index in [9.17, 15) is 17.7 Å². The molecule has 0 spiro atoms. The van der Waals surface area contributed by atoms with Crippen molar-refractivity contribution in [2.75, 3.05) is 12.8 Å². The topological polar surface area (TPSA) is 52.3 Å². The molecule has 0 saturated heterocycles. The third kappa shape index (κ3) is 2.17. The van der Waals surface area contributed by atoms with Gasteiger partial charge in [-0.25, -0.2) is 4.79 Å². The lowest BCUT2D eigenvalue weighted by Gasteiger charge is -2.25. The van der Waals surface area contributed by atoms with E-state index in [-0.39, 0.29) is 22.4 Å². The van der Waals surface area contributed by atoms with Gasteiger partial charge in [0.05, 0.1) is 12.7 Å². The maximum Gasteiger partial charge on any atom is 0.510 e. The maximum atomic E-state index is 13.0. The second-order valence-corrected chi connectivity index (χ2v) is 4.14. The van der Waals surface area contributed by atoms with Crippen molar-refractivity contribution in [3.63, 3.8) is 0 Å². The van der Waals surface area contributed by atoms with Crippen LogP contribution < -0.4 is 11.2 Å². The highest BCUT2D eigenvalue weighted by Crippen LogP contribution is 2.27. The van der Waals surface area contributed by atoms with Crippen molar-refractivity contribution in [1.82, 2.24) is 0 Å². The number of esters is 1. The van der Waals surface area contributed by atoms with Crippen LogP contribution in [0.4, 0.5) is 18.6 Å². The third-order valence-electron chi connectivity index (χ3n) is 3.08. The average Bonchev–Trinajstić information content (AvgIpc) is 2.24. The maximum absolute atomic E-state index is 13.0. The summed E-state index contributed by atoms with van der Waals surface area (Å²) in [4.78, 5) is 11.6. The summed E-state index contributed by atoms with van der Waals surface area (Å²) in [5.41, 5.74) is 4.87. The quantitative estimate of drug-likeness (QED) is 0.503. The Morgan fingerprint density at radius 1 is 1.11 bits per heavy atom. The minimum absolute atomic E-state index is 0.0183. The Balaban J connectivity index is 3.77. The van der Waals surface area contributed by atoms with Crippen molar-refractivity contribution in [3.8, 4) is 0 Å². The number of carbonyl (C=O) groups excluding carboxylic acids is 1. The fourth-order valence-corrected chi connectivity index (χ4v) is 2.16. The van der Waals surface area contributed by atoms with Gasteiger partial charge in [-0.15, -0.1) is 0 Å². The molecule has 1 rings (SSSR count). The van der Waals surface area contributed by atoms with Crippen LogP contribution in [0.15, 0.2) is 0 Å². The Labute approximate surface area is 103 Å². The number of anilines is 1. The molecule has 0 saturated carbocycles. The lowest BCUT2D eigenvalue weighted by atomic mass is 9.71. The predicted molar refractivity (Wildman–Crippen MR) is 65.1 cm³/mol. The molecule has 0 aliphatic rings. The summed E-state index contributed by atoms with van der Waals surface area (Å²) >= 11 is 0. The van der Waals surface area contributed by atoms with Gasteiger partial charge in [-0.2, -0.15) is 0 Å². The Hall–Kier alpha value is -1.66. The molecule has 2 N–H and O–H groups in total. The number of ether oxygens (including phenoxy) is 1. The first-order valence-electron chi connectivity index (χ1n) is 5.30. The highest BCUT2D eigenvalue weighted by atomic mass is 19.4. The average molecular weight is 260 g/mol. The van der Waals surface area contributed by atoms with Crippen LogP contribution in [-0.4, -0.2) is 20.1 Å². The number of halogens is 3. The van der Waals surface area contributed by atoms with Gasteiger partial charge in [-0.3, -0.25) is 0 Å². The highest BCUT2D eigenvalue weighted by molar-refractivity contribution is 6.74. The summed E-state index contributed by atoms with van der Waals surface area (Å²) in [6, 6.07) is 0.